The van der Waals surface area contributed by atoms with Crippen molar-refractivity contribution in [3.8, 4) is 22.9 Å². The van der Waals surface area contributed by atoms with Crippen molar-refractivity contribution >= 4 is 39.0 Å². The molecule has 4 aromatic rings. The molecule has 8 nitrogen and oxygen atoms in total. The van der Waals surface area contributed by atoms with Gasteiger partial charge in [0.05, 0.1) is 28.7 Å². The quantitative estimate of drug-likeness (QED) is 0.303. The Morgan fingerprint density at radius 2 is 1.92 bits per heavy atom. The van der Waals surface area contributed by atoms with Crippen molar-refractivity contribution in [1.82, 2.24) is 9.66 Å². The maximum absolute atomic E-state index is 13.6. The lowest BCUT2D eigenvalue weighted by molar-refractivity contribution is -0.119. The zero-order valence-corrected chi connectivity index (χ0v) is 22.6. The van der Waals surface area contributed by atoms with Gasteiger partial charge in [0.15, 0.2) is 12.4 Å². The Bertz CT molecular complexity index is 1580. The molecule has 1 amide bonds. The number of rotatable bonds is 8. The second-order valence-electron chi connectivity index (χ2n) is 8.82. The van der Waals surface area contributed by atoms with Crippen LogP contribution >= 0.6 is 15.9 Å². The van der Waals surface area contributed by atoms with Crippen molar-refractivity contribution < 1.29 is 14.3 Å². The number of para-hydroxylation sites is 1. The highest BCUT2D eigenvalue weighted by molar-refractivity contribution is 9.10. The molecule has 0 aliphatic carbocycles. The van der Waals surface area contributed by atoms with E-state index in [4.69, 9.17) is 20.2 Å². The van der Waals surface area contributed by atoms with Crippen molar-refractivity contribution in [1.29, 1.82) is 0 Å². The second-order valence-corrected chi connectivity index (χ2v) is 9.68. The number of nitrogens with two attached hydrogens (primary N) is 1. The van der Waals surface area contributed by atoms with Crippen molar-refractivity contribution in [2.75, 3.05) is 13.7 Å². The average molecular weight is 563 g/mol. The summed E-state index contributed by atoms with van der Waals surface area (Å²) in [7, 11) is 1.65. The molecule has 0 saturated carbocycles. The molecule has 0 spiro atoms. The third-order valence-electron chi connectivity index (χ3n) is 5.84. The number of carbonyl (C=O) groups excluding carboxylic acids is 1. The monoisotopic (exact) mass is 562 g/mol. The lowest BCUT2D eigenvalue weighted by Crippen LogP contribution is -2.21. The fourth-order valence-electron chi connectivity index (χ4n) is 3.96. The minimum Gasteiger partial charge on any atom is -0.496 e. The first-order chi connectivity index (χ1) is 17.7. The van der Waals surface area contributed by atoms with Crippen LogP contribution in [0.4, 0.5) is 0 Å². The molecule has 9 heteroatoms. The fraction of sp³-hybridized carbons (Fsp3) is 0.214. The predicted molar refractivity (Wildman–Crippen MR) is 149 cm³/mol. The summed E-state index contributed by atoms with van der Waals surface area (Å²) in [4.78, 5) is 29.4. The Hall–Kier alpha value is -3.98. The van der Waals surface area contributed by atoms with Gasteiger partial charge in [-0.15, -0.1) is 0 Å². The number of aryl methyl sites for hydroxylation is 1. The number of nitrogens with zero attached hydrogens (tertiary/aromatic N) is 3. The van der Waals surface area contributed by atoms with Gasteiger partial charge in [0.1, 0.15) is 11.5 Å². The van der Waals surface area contributed by atoms with Gasteiger partial charge in [-0.1, -0.05) is 26.0 Å². The van der Waals surface area contributed by atoms with Crippen molar-refractivity contribution in [3.63, 3.8) is 0 Å². The van der Waals surface area contributed by atoms with Crippen molar-refractivity contribution in [2.24, 2.45) is 10.8 Å². The number of aromatic nitrogens is 2. The highest BCUT2D eigenvalue weighted by atomic mass is 79.9. The summed E-state index contributed by atoms with van der Waals surface area (Å²) in [6.07, 6.45) is 1.58. The molecule has 190 valence electrons. The Kier molecular flexibility index (Phi) is 7.73. The Balaban J connectivity index is 1.86. The molecule has 4 rings (SSSR count). The SMILES string of the molecule is COc1cc(C)c(-c2nc3ccccc3c(=O)n2N=Cc2ccc(OCC(N)=O)c(Br)c2)cc1C(C)C. The molecule has 0 fully saturated rings. The van der Waals surface area contributed by atoms with E-state index in [1.165, 1.54) is 4.68 Å². The number of benzene rings is 3. The molecule has 0 atom stereocenters. The Labute approximate surface area is 222 Å². The van der Waals surface area contributed by atoms with Gasteiger partial charge in [-0.05, 0) is 87.9 Å². The van der Waals surface area contributed by atoms with E-state index < -0.39 is 5.91 Å². The summed E-state index contributed by atoms with van der Waals surface area (Å²) in [5, 5.41) is 5.02. The number of amides is 1. The highest BCUT2D eigenvalue weighted by Gasteiger charge is 2.18. The number of primary amides is 1. The van der Waals surface area contributed by atoms with Crippen molar-refractivity contribution in [3.05, 3.63) is 86.1 Å². The van der Waals surface area contributed by atoms with Gasteiger partial charge >= 0.3 is 0 Å². The van der Waals surface area contributed by atoms with Crippen molar-refractivity contribution in [2.45, 2.75) is 26.7 Å². The third kappa shape index (κ3) is 5.56. The number of hydrogen-bond donors (Lipinski definition) is 1. The fourth-order valence-corrected chi connectivity index (χ4v) is 4.47. The first-order valence-corrected chi connectivity index (χ1v) is 12.4. The Morgan fingerprint density at radius 1 is 1.16 bits per heavy atom. The van der Waals surface area contributed by atoms with Gasteiger partial charge in [-0.25, -0.2) is 4.98 Å². The standard InChI is InChI=1S/C28H27BrN4O4/c1-16(2)20-13-21(17(3)11-25(20)36-4)27-32-23-8-6-5-7-19(23)28(35)33(27)31-14-18-9-10-24(22(29)12-18)37-15-26(30)34/h5-14,16H,15H2,1-4H3,(H2,30,34). The summed E-state index contributed by atoms with van der Waals surface area (Å²) in [6, 6.07) is 16.4. The van der Waals surface area contributed by atoms with E-state index in [-0.39, 0.29) is 18.1 Å². The molecule has 0 saturated heterocycles. The van der Waals surface area contributed by atoms with E-state index in [9.17, 15) is 9.59 Å². The van der Waals surface area contributed by atoms with Crippen LogP contribution in [0.15, 0.2) is 69.0 Å². The number of halogens is 1. The number of methoxy groups -OCH3 is 1. The molecule has 0 aliphatic rings. The van der Waals surface area contributed by atoms with E-state index >= 15 is 0 Å². The maximum Gasteiger partial charge on any atom is 0.282 e. The lowest BCUT2D eigenvalue weighted by atomic mass is 9.96. The zero-order chi connectivity index (χ0) is 26.7. The van der Waals surface area contributed by atoms with Gasteiger partial charge in [0, 0.05) is 5.56 Å². The Morgan fingerprint density at radius 3 is 2.59 bits per heavy atom. The van der Waals surface area contributed by atoms with Gasteiger partial charge in [-0.2, -0.15) is 9.78 Å². The van der Waals surface area contributed by atoms with Crippen LogP contribution in [0, 0.1) is 6.92 Å². The van der Waals surface area contributed by atoms with Crippen LogP contribution in [-0.2, 0) is 4.79 Å². The number of fused-ring (bicyclic) bond motifs is 1. The van der Waals surface area contributed by atoms with Crippen LogP contribution in [0.3, 0.4) is 0 Å². The summed E-state index contributed by atoms with van der Waals surface area (Å²) >= 11 is 3.43. The summed E-state index contributed by atoms with van der Waals surface area (Å²) in [5.41, 5.74) is 8.89. The molecular weight excluding hydrogens is 536 g/mol. The smallest absolute Gasteiger partial charge is 0.282 e. The zero-order valence-electron chi connectivity index (χ0n) is 21.0. The van der Waals surface area contributed by atoms with E-state index in [1.807, 2.05) is 31.2 Å². The molecule has 3 aromatic carbocycles. The van der Waals surface area contributed by atoms with Gasteiger partial charge in [0.25, 0.3) is 11.5 Å². The molecule has 1 aromatic heterocycles. The van der Waals surface area contributed by atoms with Crippen LogP contribution in [0.2, 0.25) is 0 Å². The van der Waals surface area contributed by atoms with Crippen LogP contribution in [-0.4, -0.2) is 35.5 Å². The molecular formula is C28H27BrN4O4. The van der Waals surface area contributed by atoms with Crippen LogP contribution in [0.25, 0.3) is 22.3 Å². The van der Waals surface area contributed by atoms with Crippen LogP contribution in [0.1, 0.15) is 36.5 Å². The summed E-state index contributed by atoms with van der Waals surface area (Å²) < 4.78 is 12.9. The highest BCUT2D eigenvalue weighted by Crippen LogP contribution is 2.34. The molecule has 37 heavy (non-hydrogen) atoms. The second kappa shape index (κ2) is 11.0. The van der Waals surface area contributed by atoms with Crippen LogP contribution < -0.4 is 20.8 Å². The molecule has 0 radical (unpaired) electrons. The molecule has 0 bridgehead atoms. The van der Waals surface area contributed by atoms with E-state index in [1.54, 1.807) is 43.7 Å². The third-order valence-corrected chi connectivity index (χ3v) is 6.46. The summed E-state index contributed by atoms with van der Waals surface area (Å²) in [6.45, 7) is 5.90. The van der Waals surface area contributed by atoms with E-state index in [2.05, 4.69) is 34.9 Å². The number of carbonyl (C=O) groups is 1. The van der Waals surface area contributed by atoms with Gasteiger partial charge in [0.2, 0.25) is 0 Å². The lowest BCUT2D eigenvalue weighted by Gasteiger charge is -2.17. The first kappa shape index (κ1) is 26.1. The minimum atomic E-state index is -0.567. The summed E-state index contributed by atoms with van der Waals surface area (Å²) in [5.74, 6) is 1.32. The van der Waals surface area contributed by atoms with Gasteiger partial charge in [-0.3, -0.25) is 9.59 Å². The van der Waals surface area contributed by atoms with E-state index in [0.717, 1.165) is 22.4 Å². The predicted octanol–water partition coefficient (Wildman–Crippen LogP) is 5.01. The normalized spacial score (nSPS) is 11.4. The average Bonchev–Trinajstić information content (AvgIpc) is 2.87. The van der Waals surface area contributed by atoms with Gasteiger partial charge < -0.3 is 15.2 Å². The molecule has 0 aliphatic heterocycles. The minimum absolute atomic E-state index is 0.200. The number of ether oxygens (including phenoxy) is 2. The number of hydrogen-bond acceptors (Lipinski definition) is 6. The topological polar surface area (TPSA) is 109 Å². The first-order valence-electron chi connectivity index (χ1n) is 11.6. The van der Waals surface area contributed by atoms with E-state index in [0.29, 0.717) is 32.5 Å². The molecule has 1 heterocycles. The van der Waals surface area contributed by atoms with Crippen LogP contribution in [0.5, 0.6) is 11.5 Å². The maximum atomic E-state index is 13.6. The molecule has 2 N–H and O–H groups in total. The largest absolute Gasteiger partial charge is 0.496 e. The molecule has 0 unspecified atom stereocenters.